The minimum Gasteiger partial charge on any atom is -0.381 e. The van der Waals surface area contributed by atoms with Gasteiger partial charge in [0.25, 0.3) is 0 Å². The van der Waals surface area contributed by atoms with Crippen LogP contribution in [0.15, 0.2) is 0 Å². The molecule has 6 heteroatoms. The van der Waals surface area contributed by atoms with E-state index in [4.69, 9.17) is 4.74 Å². The number of ether oxygens (including phenoxy) is 1. The fraction of sp³-hybridized carbons (Fsp3) is 0.867. The second-order valence-electron chi connectivity index (χ2n) is 6.76. The number of carbonyl (C=O) groups excluding carboxylic acids is 2. The molecule has 0 saturated carbocycles. The molecule has 6 nitrogen and oxygen atoms in total. The van der Waals surface area contributed by atoms with Crippen molar-refractivity contribution in [3.05, 3.63) is 0 Å². The third-order valence-corrected chi connectivity index (χ3v) is 4.93. The van der Waals surface area contributed by atoms with Crippen molar-refractivity contribution in [2.75, 3.05) is 60.0 Å². The lowest BCUT2D eigenvalue weighted by Gasteiger charge is -2.24. The van der Waals surface area contributed by atoms with Crippen molar-refractivity contribution in [1.82, 2.24) is 14.7 Å². The van der Waals surface area contributed by atoms with Gasteiger partial charge in [0.1, 0.15) is 0 Å². The number of fused-ring (bicyclic) bond motifs is 1. The van der Waals surface area contributed by atoms with E-state index in [9.17, 15) is 9.59 Å². The number of hydrogen-bond donors (Lipinski definition) is 0. The maximum Gasteiger partial charge on any atom is 0.228 e. The minimum absolute atomic E-state index is 0.0174. The van der Waals surface area contributed by atoms with Crippen LogP contribution in [0.4, 0.5) is 0 Å². The van der Waals surface area contributed by atoms with Crippen LogP contribution < -0.4 is 0 Å². The maximum atomic E-state index is 12.4. The lowest BCUT2D eigenvalue weighted by Crippen LogP contribution is -2.40. The van der Waals surface area contributed by atoms with Gasteiger partial charge >= 0.3 is 0 Å². The van der Waals surface area contributed by atoms with Crippen molar-refractivity contribution in [3.63, 3.8) is 0 Å². The van der Waals surface area contributed by atoms with Gasteiger partial charge in [-0.05, 0) is 20.5 Å². The summed E-state index contributed by atoms with van der Waals surface area (Å²) in [6.07, 6.45) is 0.827. The molecular formula is C15H25N3O3. The summed E-state index contributed by atoms with van der Waals surface area (Å²) in [4.78, 5) is 30.8. The molecule has 3 atom stereocenters. The fourth-order valence-corrected chi connectivity index (χ4v) is 3.63. The van der Waals surface area contributed by atoms with Crippen LogP contribution in [-0.4, -0.2) is 86.5 Å². The number of likely N-dealkylation sites (N-methyl/N-ethyl adjacent to an activating group) is 1. The molecule has 0 radical (unpaired) electrons. The Morgan fingerprint density at radius 2 is 2.14 bits per heavy atom. The Kier molecular flexibility index (Phi) is 4.17. The van der Waals surface area contributed by atoms with Gasteiger partial charge in [0.2, 0.25) is 11.8 Å². The highest BCUT2D eigenvalue weighted by Gasteiger charge is 2.48. The van der Waals surface area contributed by atoms with Crippen LogP contribution in [0.1, 0.15) is 6.42 Å². The first kappa shape index (κ1) is 14.8. The Morgan fingerprint density at radius 3 is 2.76 bits per heavy atom. The molecule has 0 aliphatic carbocycles. The topological polar surface area (TPSA) is 53.1 Å². The molecule has 118 valence electrons. The van der Waals surface area contributed by atoms with Gasteiger partial charge in [-0.15, -0.1) is 0 Å². The molecule has 3 rings (SSSR count). The van der Waals surface area contributed by atoms with E-state index in [0.717, 1.165) is 32.6 Å². The van der Waals surface area contributed by atoms with Gasteiger partial charge in [-0.1, -0.05) is 0 Å². The lowest BCUT2D eigenvalue weighted by atomic mass is 10.0. The highest BCUT2D eigenvalue weighted by Crippen LogP contribution is 2.33. The molecule has 21 heavy (non-hydrogen) atoms. The maximum absolute atomic E-state index is 12.4. The van der Waals surface area contributed by atoms with E-state index in [1.807, 2.05) is 23.9 Å². The van der Waals surface area contributed by atoms with E-state index < -0.39 is 0 Å². The van der Waals surface area contributed by atoms with E-state index in [1.54, 1.807) is 0 Å². The highest BCUT2D eigenvalue weighted by atomic mass is 16.5. The van der Waals surface area contributed by atoms with Crippen LogP contribution >= 0.6 is 0 Å². The second-order valence-corrected chi connectivity index (χ2v) is 6.76. The summed E-state index contributed by atoms with van der Waals surface area (Å²) in [5, 5.41) is 0. The number of rotatable bonds is 4. The molecule has 1 unspecified atom stereocenters. The minimum atomic E-state index is 0.0174. The first-order chi connectivity index (χ1) is 10.1. The molecule has 0 N–H and O–H groups in total. The molecular weight excluding hydrogens is 270 g/mol. The Hall–Kier alpha value is -1.14. The quantitative estimate of drug-likeness (QED) is 0.702. The summed E-state index contributed by atoms with van der Waals surface area (Å²) in [7, 11) is 4.04. The normalized spacial score (nSPS) is 32.3. The van der Waals surface area contributed by atoms with Crippen LogP contribution in [0.2, 0.25) is 0 Å². The summed E-state index contributed by atoms with van der Waals surface area (Å²) >= 11 is 0. The van der Waals surface area contributed by atoms with Crippen LogP contribution in [0, 0.1) is 17.8 Å². The van der Waals surface area contributed by atoms with Crippen molar-refractivity contribution in [2.45, 2.75) is 6.42 Å². The zero-order valence-electron chi connectivity index (χ0n) is 13.0. The number of nitrogens with zero attached hydrogens (tertiary/aromatic N) is 3. The summed E-state index contributed by atoms with van der Waals surface area (Å²) in [6, 6.07) is 0. The zero-order valence-corrected chi connectivity index (χ0v) is 13.0. The lowest BCUT2D eigenvalue weighted by molar-refractivity contribution is -0.136. The summed E-state index contributed by atoms with van der Waals surface area (Å²) < 4.78 is 5.30. The Balaban J connectivity index is 1.54. The molecule has 3 fully saturated rings. The first-order valence-electron chi connectivity index (χ1n) is 7.86. The summed E-state index contributed by atoms with van der Waals surface area (Å²) in [5.41, 5.74) is 0. The molecule has 3 saturated heterocycles. The zero-order chi connectivity index (χ0) is 15.0. The summed E-state index contributed by atoms with van der Waals surface area (Å²) in [6.45, 7) is 5.09. The van der Waals surface area contributed by atoms with Crippen LogP contribution in [-0.2, 0) is 14.3 Å². The van der Waals surface area contributed by atoms with Gasteiger partial charge in [0.05, 0.1) is 18.4 Å². The average Bonchev–Trinajstić information content (AvgIpc) is 3.14. The van der Waals surface area contributed by atoms with Gasteiger partial charge in [-0.25, -0.2) is 0 Å². The van der Waals surface area contributed by atoms with Gasteiger partial charge in [0.15, 0.2) is 0 Å². The van der Waals surface area contributed by atoms with Crippen molar-refractivity contribution in [2.24, 2.45) is 17.8 Å². The SMILES string of the molecule is CN(C)CCN1C[C@@H]2CN(C(=O)C3CCOC3)C[C@@H]2C1=O. The largest absolute Gasteiger partial charge is 0.381 e. The molecule has 3 aliphatic rings. The van der Waals surface area contributed by atoms with Crippen molar-refractivity contribution in [1.29, 1.82) is 0 Å². The predicted molar refractivity (Wildman–Crippen MR) is 77.6 cm³/mol. The van der Waals surface area contributed by atoms with Crippen molar-refractivity contribution < 1.29 is 14.3 Å². The smallest absolute Gasteiger partial charge is 0.228 e. The second kappa shape index (κ2) is 5.93. The number of carbonyl (C=O) groups is 2. The van der Waals surface area contributed by atoms with E-state index in [2.05, 4.69) is 4.90 Å². The third kappa shape index (κ3) is 2.92. The molecule has 3 heterocycles. The molecule has 0 bridgehead atoms. The van der Waals surface area contributed by atoms with E-state index in [1.165, 1.54) is 0 Å². The molecule has 0 aromatic heterocycles. The number of hydrogen-bond acceptors (Lipinski definition) is 4. The predicted octanol–water partition coefficient (Wildman–Crippen LogP) is -0.499. The van der Waals surface area contributed by atoms with Crippen LogP contribution in [0.3, 0.4) is 0 Å². The van der Waals surface area contributed by atoms with E-state index >= 15 is 0 Å². The van der Waals surface area contributed by atoms with E-state index in [-0.39, 0.29) is 23.7 Å². The van der Waals surface area contributed by atoms with Crippen molar-refractivity contribution >= 4 is 11.8 Å². The number of likely N-dealkylation sites (tertiary alicyclic amines) is 2. The average molecular weight is 295 g/mol. The molecule has 0 aromatic carbocycles. The third-order valence-electron chi connectivity index (χ3n) is 4.93. The van der Waals surface area contributed by atoms with Gasteiger partial charge < -0.3 is 19.4 Å². The Bertz CT molecular complexity index is 420. The van der Waals surface area contributed by atoms with Crippen LogP contribution in [0.5, 0.6) is 0 Å². The van der Waals surface area contributed by atoms with Crippen molar-refractivity contribution in [3.8, 4) is 0 Å². The van der Waals surface area contributed by atoms with Gasteiger partial charge in [-0.2, -0.15) is 0 Å². The monoisotopic (exact) mass is 295 g/mol. The first-order valence-corrected chi connectivity index (χ1v) is 7.86. The summed E-state index contributed by atoms with van der Waals surface area (Å²) in [5.74, 6) is 0.794. The fourth-order valence-electron chi connectivity index (χ4n) is 3.63. The van der Waals surface area contributed by atoms with Gasteiger partial charge in [0, 0.05) is 45.2 Å². The highest BCUT2D eigenvalue weighted by molar-refractivity contribution is 5.85. The molecule has 0 spiro atoms. The van der Waals surface area contributed by atoms with Crippen LogP contribution in [0.25, 0.3) is 0 Å². The molecule has 2 amide bonds. The Labute approximate surface area is 126 Å². The van der Waals surface area contributed by atoms with E-state index in [0.29, 0.717) is 25.7 Å². The Morgan fingerprint density at radius 1 is 1.33 bits per heavy atom. The number of amides is 2. The molecule has 0 aromatic rings. The standard InChI is InChI=1S/C15H25N3O3/c1-16(2)4-5-17-7-12-8-18(9-13(12)15(17)20)14(19)11-3-6-21-10-11/h11-13H,3-10H2,1-2H3/t11?,12-,13+/m1/s1. The molecule has 3 aliphatic heterocycles. The van der Waals surface area contributed by atoms with Gasteiger partial charge in [-0.3, -0.25) is 9.59 Å².